The fourth-order valence-corrected chi connectivity index (χ4v) is 2.82. The first-order valence-electron chi connectivity index (χ1n) is 6.10. The lowest BCUT2D eigenvalue weighted by Gasteiger charge is -2.38. The van der Waals surface area contributed by atoms with Crippen molar-refractivity contribution in [2.45, 2.75) is 6.04 Å². The van der Waals surface area contributed by atoms with Gasteiger partial charge in [-0.1, -0.05) is 11.6 Å². The summed E-state index contributed by atoms with van der Waals surface area (Å²) in [7, 11) is 0. The number of rotatable bonds is 1. The number of hydrogen-bond donors (Lipinski definition) is 2. The summed E-state index contributed by atoms with van der Waals surface area (Å²) in [5, 5.41) is 2.83. The Hall–Kier alpha value is -1.69. The molecule has 19 heavy (non-hydrogen) atoms. The van der Waals surface area contributed by atoms with E-state index >= 15 is 0 Å². The SMILES string of the molecule is Nc1cc(Cl)c(F)cc1N1CCN2C(=O)NCC2C1. The molecule has 5 nitrogen and oxygen atoms in total. The highest BCUT2D eigenvalue weighted by atomic mass is 35.5. The first-order valence-corrected chi connectivity index (χ1v) is 6.48. The van der Waals surface area contributed by atoms with Crippen LogP contribution in [0.5, 0.6) is 0 Å². The number of carbonyl (C=O) groups is 1. The minimum Gasteiger partial charge on any atom is -0.397 e. The zero-order chi connectivity index (χ0) is 13.6. The van der Waals surface area contributed by atoms with Crippen LogP contribution < -0.4 is 16.0 Å². The van der Waals surface area contributed by atoms with Crippen molar-refractivity contribution >= 4 is 29.0 Å². The van der Waals surface area contributed by atoms with Crippen LogP contribution in [-0.4, -0.2) is 43.2 Å². The molecule has 1 atom stereocenters. The summed E-state index contributed by atoms with van der Waals surface area (Å²) in [6.45, 7) is 2.50. The Morgan fingerprint density at radius 2 is 2.21 bits per heavy atom. The summed E-state index contributed by atoms with van der Waals surface area (Å²) < 4.78 is 13.6. The van der Waals surface area contributed by atoms with Gasteiger partial charge in [0, 0.05) is 32.2 Å². The number of urea groups is 1. The topological polar surface area (TPSA) is 61.6 Å². The summed E-state index contributed by atoms with van der Waals surface area (Å²) in [4.78, 5) is 15.3. The van der Waals surface area contributed by atoms with E-state index in [9.17, 15) is 9.18 Å². The molecule has 2 aliphatic heterocycles. The van der Waals surface area contributed by atoms with Crippen LogP contribution in [0, 0.1) is 5.82 Å². The lowest BCUT2D eigenvalue weighted by molar-refractivity contribution is 0.197. The van der Waals surface area contributed by atoms with E-state index in [1.165, 1.54) is 12.1 Å². The third-order valence-electron chi connectivity index (χ3n) is 3.64. The van der Waals surface area contributed by atoms with E-state index < -0.39 is 5.82 Å². The molecule has 0 saturated carbocycles. The number of anilines is 2. The van der Waals surface area contributed by atoms with E-state index in [2.05, 4.69) is 5.32 Å². The first kappa shape index (κ1) is 12.3. The van der Waals surface area contributed by atoms with Crippen molar-refractivity contribution in [3.63, 3.8) is 0 Å². The molecule has 0 spiro atoms. The summed E-state index contributed by atoms with van der Waals surface area (Å²) in [6, 6.07) is 2.87. The van der Waals surface area contributed by atoms with Gasteiger partial charge in [-0.2, -0.15) is 0 Å². The van der Waals surface area contributed by atoms with Gasteiger partial charge in [-0.25, -0.2) is 9.18 Å². The largest absolute Gasteiger partial charge is 0.397 e. The van der Waals surface area contributed by atoms with Crippen LogP contribution in [0.4, 0.5) is 20.6 Å². The van der Waals surface area contributed by atoms with Gasteiger partial charge in [0.1, 0.15) is 5.82 Å². The molecule has 2 aliphatic rings. The Morgan fingerprint density at radius 3 is 3.00 bits per heavy atom. The summed E-state index contributed by atoms with van der Waals surface area (Å²) in [5.41, 5.74) is 6.99. The van der Waals surface area contributed by atoms with E-state index in [1.54, 1.807) is 4.90 Å². The molecule has 1 aromatic carbocycles. The molecule has 2 heterocycles. The van der Waals surface area contributed by atoms with Gasteiger partial charge in [-0.3, -0.25) is 0 Å². The van der Waals surface area contributed by atoms with Gasteiger partial charge < -0.3 is 20.9 Å². The van der Waals surface area contributed by atoms with Crippen molar-refractivity contribution in [3.8, 4) is 0 Å². The lowest BCUT2D eigenvalue weighted by Crippen LogP contribution is -2.52. The molecule has 1 unspecified atom stereocenters. The van der Waals surface area contributed by atoms with Crippen molar-refractivity contribution in [2.75, 3.05) is 36.8 Å². The molecular weight excluding hydrogens is 271 g/mol. The predicted octanol–water partition coefficient (Wildman–Crippen LogP) is 1.28. The zero-order valence-electron chi connectivity index (χ0n) is 10.2. The van der Waals surface area contributed by atoms with Crippen LogP contribution in [-0.2, 0) is 0 Å². The van der Waals surface area contributed by atoms with Crippen LogP contribution >= 0.6 is 11.6 Å². The van der Waals surface area contributed by atoms with Gasteiger partial charge in [-0.05, 0) is 6.07 Å². The number of fused-ring (bicyclic) bond motifs is 1. The third kappa shape index (κ3) is 2.06. The van der Waals surface area contributed by atoms with Crippen molar-refractivity contribution in [1.29, 1.82) is 0 Å². The number of nitrogen functional groups attached to an aromatic ring is 1. The van der Waals surface area contributed by atoms with E-state index in [-0.39, 0.29) is 17.1 Å². The number of nitrogens with two attached hydrogens (primary N) is 1. The fraction of sp³-hybridized carbons (Fsp3) is 0.417. The van der Waals surface area contributed by atoms with Crippen LogP contribution in [0.2, 0.25) is 5.02 Å². The minimum atomic E-state index is -0.478. The second kappa shape index (κ2) is 4.45. The normalized spacial score (nSPS) is 22.4. The number of carbonyl (C=O) groups excluding carboxylic acids is 1. The lowest BCUT2D eigenvalue weighted by atomic mass is 10.1. The van der Waals surface area contributed by atoms with E-state index in [0.717, 1.165) is 0 Å². The monoisotopic (exact) mass is 284 g/mol. The Balaban J connectivity index is 1.84. The van der Waals surface area contributed by atoms with Crippen LogP contribution in [0.25, 0.3) is 0 Å². The maximum atomic E-state index is 13.6. The van der Waals surface area contributed by atoms with Crippen LogP contribution in [0.15, 0.2) is 12.1 Å². The van der Waals surface area contributed by atoms with Gasteiger partial charge in [0.15, 0.2) is 0 Å². The number of halogens is 2. The Kier molecular flexibility index (Phi) is 2.89. The summed E-state index contributed by atoms with van der Waals surface area (Å²) in [5.74, 6) is -0.478. The predicted molar refractivity (Wildman–Crippen MR) is 71.9 cm³/mol. The van der Waals surface area contributed by atoms with Crippen molar-refractivity contribution in [1.82, 2.24) is 10.2 Å². The van der Waals surface area contributed by atoms with E-state index in [4.69, 9.17) is 17.3 Å². The van der Waals surface area contributed by atoms with Gasteiger partial charge in [-0.15, -0.1) is 0 Å². The highest BCUT2D eigenvalue weighted by molar-refractivity contribution is 6.31. The Labute approximate surface area is 115 Å². The van der Waals surface area contributed by atoms with E-state index in [1.807, 2.05) is 4.90 Å². The molecule has 102 valence electrons. The average Bonchev–Trinajstić information content (AvgIpc) is 2.75. The highest BCUT2D eigenvalue weighted by Gasteiger charge is 2.35. The first-order chi connectivity index (χ1) is 9.06. The van der Waals surface area contributed by atoms with Crippen LogP contribution in [0.1, 0.15) is 0 Å². The van der Waals surface area contributed by atoms with Gasteiger partial charge in [0.2, 0.25) is 0 Å². The Morgan fingerprint density at radius 1 is 1.42 bits per heavy atom. The molecule has 0 aliphatic carbocycles. The second-order valence-electron chi connectivity index (χ2n) is 4.80. The standard InChI is InChI=1S/C12H14ClFN4O/c13-8-3-10(15)11(4-9(8)14)17-1-2-18-7(6-17)5-16-12(18)19/h3-4,7H,1-2,5-6,15H2,(H,16,19). The molecule has 0 aromatic heterocycles. The van der Waals surface area contributed by atoms with Crippen LogP contribution in [0.3, 0.4) is 0 Å². The number of nitrogens with one attached hydrogen (secondary N) is 1. The molecular formula is C12H14ClFN4O. The number of benzene rings is 1. The second-order valence-corrected chi connectivity index (χ2v) is 5.21. The number of piperazine rings is 1. The maximum Gasteiger partial charge on any atom is 0.317 e. The smallest absolute Gasteiger partial charge is 0.317 e. The molecule has 2 saturated heterocycles. The summed E-state index contributed by atoms with van der Waals surface area (Å²) in [6.07, 6.45) is 0. The number of nitrogens with zero attached hydrogens (tertiary/aromatic N) is 2. The molecule has 7 heteroatoms. The molecule has 3 N–H and O–H groups in total. The van der Waals surface area contributed by atoms with Crippen molar-refractivity contribution < 1.29 is 9.18 Å². The van der Waals surface area contributed by atoms with Gasteiger partial charge in [0.05, 0.1) is 22.4 Å². The zero-order valence-corrected chi connectivity index (χ0v) is 11.0. The molecule has 2 amide bonds. The Bertz CT molecular complexity index is 539. The molecule has 3 rings (SSSR count). The molecule has 2 fully saturated rings. The average molecular weight is 285 g/mol. The quantitative estimate of drug-likeness (QED) is 0.764. The number of hydrogen-bond acceptors (Lipinski definition) is 3. The van der Waals surface area contributed by atoms with Crippen molar-refractivity contribution in [3.05, 3.63) is 23.0 Å². The fourth-order valence-electron chi connectivity index (χ4n) is 2.65. The maximum absolute atomic E-state index is 13.6. The molecule has 0 radical (unpaired) electrons. The highest BCUT2D eigenvalue weighted by Crippen LogP contribution is 2.31. The van der Waals surface area contributed by atoms with Crippen molar-refractivity contribution in [2.24, 2.45) is 0 Å². The molecule has 0 bridgehead atoms. The third-order valence-corrected chi connectivity index (χ3v) is 3.93. The van der Waals surface area contributed by atoms with Gasteiger partial charge in [0.25, 0.3) is 0 Å². The number of amides is 2. The summed E-state index contributed by atoms with van der Waals surface area (Å²) >= 11 is 5.70. The molecule has 1 aromatic rings. The van der Waals surface area contributed by atoms with E-state index in [0.29, 0.717) is 37.6 Å². The minimum absolute atomic E-state index is 0.0256. The van der Waals surface area contributed by atoms with Gasteiger partial charge >= 0.3 is 6.03 Å².